The number of benzene rings is 2. The molecule has 4 heteroatoms. The molecule has 0 spiro atoms. The fourth-order valence-corrected chi connectivity index (χ4v) is 3.01. The van der Waals surface area contributed by atoms with Gasteiger partial charge in [-0.2, -0.15) is 95.1 Å². The number of hydrogen-bond donors (Lipinski definition) is 0. The topological polar surface area (TPSA) is 0 Å². The van der Waals surface area contributed by atoms with E-state index >= 15 is 0 Å². The summed E-state index contributed by atoms with van der Waals surface area (Å²) in [6.07, 6.45) is 6.72. The molecule has 2 aromatic carbocycles. The number of rotatable bonds is 0. The smallest absolute Gasteiger partial charge is 0.171 e. The number of allylic oxidation sites excluding steroid dienone is 8. The fourth-order valence-electron chi connectivity index (χ4n) is 3.01. The molecule has 2 aliphatic rings. The van der Waals surface area contributed by atoms with Crippen LogP contribution >= 0.6 is 24.8 Å². The molecule has 0 heterocycles. The summed E-state index contributed by atoms with van der Waals surface area (Å²) in [6, 6.07) is 25.0. The van der Waals surface area contributed by atoms with E-state index in [1.165, 1.54) is 33.4 Å². The van der Waals surface area contributed by atoms with Crippen LogP contribution in [0.1, 0.15) is 55.4 Å². The Hall–Kier alpha value is -1.09. The summed E-state index contributed by atoms with van der Waals surface area (Å²) in [5.41, 5.74) is 8.49. The summed E-state index contributed by atoms with van der Waals surface area (Å²) in [4.78, 5) is 0. The molecule has 0 nitrogen and oxygen atoms in total. The average molecular weight is 548 g/mol. The Morgan fingerprint density at radius 2 is 0.824 bits per heavy atom. The van der Waals surface area contributed by atoms with E-state index in [1.807, 2.05) is 87.5 Å². The van der Waals surface area contributed by atoms with Crippen molar-refractivity contribution in [3.8, 4) is 0 Å². The van der Waals surface area contributed by atoms with Gasteiger partial charge in [0.25, 0.3) is 0 Å². The van der Waals surface area contributed by atoms with Crippen molar-refractivity contribution in [3.05, 3.63) is 118 Å². The van der Waals surface area contributed by atoms with Crippen molar-refractivity contribution in [1.29, 1.82) is 0 Å². The van der Waals surface area contributed by atoms with Crippen LogP contribution in [0.2, 0.25) is 0 Å². The van der Waals surface area contributed by atoms with E-state index in [0.717, 1.165) is 0 Å². The van der Waals surface area contributed by atoms with E-state index < -0.39 is 0 Å². The average Bonchev–Trinajstić information content (AvgIpc) is 3.20. The molecule has 2 aromatic rings. The Balaban J connectivity index is -0.000000366. The molecule has 2 aliphatic carbocycles. The molecular weight excluding hydrogens is 507 g/mol. The standard InChI is InChI=1S/2C9H13.2C6H5.2ClH.H2Si.Ti/c2*1-6-5-7(2)9(4)8(6)3;2*1-2-4-6-5-3-1;;;;/h2*6H,1-4H3;2*1-5H;2*1H;1H2;/q4*-1;;;;. The second kappa shape index (κ2) is 22.4. The number of hydrogen-bond acceptors (Lipinski definition) is 0. The van der Waals surface area contributed by atoms with Crippen molar-refractivity contribution < 1.29 is 19.2 Å². The van der Waals surface area contributed by atoms with Crippen molar-refractivity contribution in [2.75, 3.05) is 0 Å². The van der Waals surface area contributed by atoms with E-state index in [9.17, 15) is 0 Å². The zero-order valence-electron chi connectivity index (χ0n) is 22.0. The molecule has 0 N–H and O–H groups in total. The SMILES string of the molecule is CC1=[C-]C(C)C(C)=C1C.CC1=[C-]C(C)C(C)=C1C.Cl.Cl.[SiH2]=[Ti].[c-]1ccccc1.[c-]1ccccc1. The monoisotopic (exact) mass is 546 g/mol. The number of halogens is 2. The summed E-state index contributed by atoms with van der Waals surface area (Å²) in [5, 5.41) is 0. The molecule has 0 aromatic heterocycles. The Morgan fingerprint density at radius 1 is 0.559 bits per heavy atom. The Morgan fingerprint density at radius 3 is 0.882 bits per heavy atom. The molecule has 0 amide bonds. The largest absolute Gasteiger partial charge is 0.184 e. The second-order valence-corrected chi connectivity index (χ2v) is 7.75. The van der Waals surface area contributed by atoms with Crippen LogP contribution in [0.25, 0.3) is 0 Å². The summed E-state index contributed by atoms with van der Waals surface area (Å²) in [5.74, 6) is 1.12. The van der Waals surface area contributed by atoms with Crippen molar-refractivity contribution in [2.45, 2.75) is 55.4 Å². The maximum Gasteiger partial charge on any atom is -0.171 e. The van der Waals surface area contributed by atoms with Gasteiger partial charge in [0, 0.05) is 0 Å². The summed E-state index contributed by atoms with van der Waals surface area (Å²) in [6.45, 7) is 17.3. The van der Waals surface area contributed by atoms with Gasteiger partial charge in [-0.15, -0.1) is 38.7 Å². The maximum atomic E-state index is 3.36. The van der Waals surface area contributed by atoms with Crippen molar-refractivity contribution in [3.63, 3.8) is 0 Å². The van der Waals surface area contributed by atoms with Crippen molar-refractivity contribution in [2.24, 2.45) is 11.8 Å². The van der Waals surface area contributed by atoms with Gasteiger partial charge in [0.05, 0.1) is 0 Å². The summed E-state index contributed by atoms with van der Waals surface area (Å²) in [7, 11) is 1.86. The molecular formula is C30H40Cl2SiTi-4. The molecule has 2 unspecified atom stereocenters. The van der Waals surface area contributed by atoms with Gasteiger partial charge >= 0.3 is 26.8 Å². The molecule has 34 heavy (non-hydrogen) atoms. The third kappa shape index (κ3) is 15.0. The van der Waals surface area contributed by atoms with Crippen LogP contribution in [0.15, 0.2) is 94.1 Å². The van der Waals surface area contributed by atoms with Crippen molar-refractivity contribution in [1.82, 2.24) is 0 Å². The minimum Gasteiger partial charge on any atom is -0.184 e. The Bertz CT molecular complexity index is 771. The van der Waals surface area contributed by atoms with Gasteiger partial charge in [0.15, 0.2) is 0 Å². The van der Waals surface area contributed by atoms with Crippen LogP contribution < -0.4 is 0 Å². The third-order valence-electron chi connectivity index (χ3n) is 5.69. The van der Waals surface area contributed by atoms with Crippen LogP contribution in [0.4, 0.5) is 0 Å². The molecule has 0 bridgehead atoms. The minimum atomic E-state index is 0. The zero-order valence-corrected chi connectivity index (χ0v) is 26.6. The first-order chi connectivity index (χ1) is 15.3. The summed E-state index contributed by atoms with van der Waals surface area (Å²) >= 11 is 2.03. The molecule has 0 radical (unpaired) electrons. The van der Waals surface area contributed by atoms with E-state index in [4.69, 9.17) is 0 Å². The van der Waals surface area contributed by atoms with Gasteiger partial charge in [-0.1, -0.05) is 53.4 Å². The van der Waals surface area contributed by atoms with Gasteiger partial charge < -0.3 is 0 Å². The van der Waals surface area contributed by atoms with E-state index in [1.54, 1.807) is 0 Å². The first-order valence-electron chi connectivity index (χ1n) is 11.0. The molecule has 0 saturated heterocycles. The maximum absolute atomic E-state index is 3.36. The third-order valence-corrected chi connectivity index (χ3v) is 5.69. The van der Waals surface area contributed by atoms with E-state index in [-0.39, 0.29) is 24.8 Å². The minimum absolute atomic E-state index is 0. The van der Waals surface area contributed by atoms with Crippen molar-refractivity contribution >= 4 is 32.4 Å². The predicted octanol–water partition coefficient (Wildman–Crippen LogP) is 8.34. The zero-order chi connectivity index (χ0) is 24.5. The normalized spacial score (nSPS) is 17.3. The van der Waals surface area contributed by atoms with Gasteiger partial charge in [-0.25, -0.2) is 11.1 Å². The van der Waals surface area contributed by atoms with Crippen LogP contribution in [0, 0.1) is 36.1 Å². The quantitative estimate of drug-likeness (QED) is 0.230. The molecule has 0 aliphatic heterocycles. The van der Waals surface area contributed by atoms with Gasteiger partial charge in [0.2, 0.25) is 0 Å². The first-order valence-corrected chi connectivity index (χ1v) is 15.0. The van der Waals surface area contributed by atoms with E-state index in [0.29, 0.717) is 11.8 Å². The Kier molecular flexibility index (Phi) is 24.7. The van der Waals surface area contributed by atoms with Gasteiger partial charge in [0.1, 0.15) is 0 Å². The molecule has 186 valence electrons. The second-order valence-electron chi connectivity index (χ2n) is 7.75. The summed E-state index contributed by atoms with van der Waals surface area (Å²) < 4.78 is 0. The molecule has 4 rings (SSSR count). The van der Waals surface area contributed by atoms with Gasteiger partial charge in [-0.05, 0) is 0 Å². The molecule has 0 saturated carbocycles. The predicted molar refractivity (Wildman–Crippen MR) is 154 cm³/mol. The van der Waals surface area contributed by atoms with Gasteiger partial charge in [-0.3, -0.25) is 12.2 Å². The van der Waals surface area contributed by atoms with Crippen LogP contribution in [0.3, 0.4) is 0 Å². The van der Waals surface area contributed by atoms with Crippen LogP contribution in [0.5, 0.6) is 0 Å². The van der Waals surface area contributed by atoms with E-state index in [2.05, 4.69) is 79.7 Å². The van der Waals surface area contributed by atoms with Crippen LogP contribution in [-0.4, -0.2) is 7.63 Å². The molecule has 0 fully saturated rings. The molecule has 2 atom stereocenters. The fraction of sp³-hybridized carbons (Fsp3) is 0.333. The Labute approximate surface area is 236 Å². The first kappa shape index (κ1) is 37.5. The van der Waals surface area contributed by atoms with Crippen LogP contribution in [-0.2, 0) is 19.2 Å².